The molecule has 0 bridgehead atoms. The van der Waals surface area contributed by atoms with Crippen LogP contribution in [0.5, 0.6) is 0 Å². The minimum atomic E-state index is 0.723. The molecule has 0 saturated heterocycles. The van der Waals surface area contributed by atoms with Gasteiger partial charge in [0.2, 0.25) is 0 Å². The number of amidine groups is 1. The predicted molar refractivity (Wildman–Crippen MR) is 86.0 cm³/mol. The van der Waals surface area contributed by atoms with E-state index in [9.17, 15) is 0 Å². The molecule has 0 saturated carbocycles. The van der Waals surface area contributed by atoms with Crippen LogP contribution in [0.3, 0.4) is 0 Å². The van der Waals surface area contributed by atoms with E-state index in [4.69, 9.17) is 4.99 Å². The van der Waals surface area contributed by atoms with Gasteiger partial charge in [-0.15, -0.1) is 0 Å². The Morgan fingerprint density at radius 3 is 2.62 bits per heavy atom. The molecule has 0 aliphatic carbocycles. The Morgan fingerprint density at radius 2 is 1.90 bits per heavy atom. The Morgan fingerprint density at radius 1 is 1.10 bits per heavy atom. The second-order valence-electron chi connectivity index (χ2n) is 4.98. The average Bonchev–Trinajstić information content (AvgIpc) is 3.04. The fourth-order valence-electron chi connectivity index (χ4n) is 2.24. The molecule has 4 heteroatoms. The molecular formula is C17H18N4. The highest BCUT2D eigenvalue weighted by Gasteiger charge is 2.13. The van der Waals surface area contributed by atoms with Crippen molar-refractivity contribution in [3.63, 3.8) is 0 Å². The van der Waals surface area contributed by atoms with Crippen molar-refractivity contribution in [3.05, 3.63) is 60.2 Å². The number of benzene rings is 1. The van der Waals surface area contributed by atoms with Crippen molar-refractivity contribution in [2.45, 2.75) is 12.8 Å². The van der Waals surface area contributed by atoms with Gasteiger partial charge < -0.3 is 4.57 Å². The summed E-state index contributed by atoms with van der Waals surface area (Å²) in [4.78, 5) is 13.9. The standard InChI is InChI=1S/C17H18N4/c1-21-13-6-5-11-16(21)20-17(15-10-7-12-18-15)19-14-8-3-2-4-9-14/h2-6,8-9,11,13H,7,10,12H2,1H3. The SMILES string of the molecule is Cn1ccccc1=NC(=Nc1ccccc1)C1=NCCC1. The van der Waals surface area contributed by atoms with Gasteiger partial charge in [0.25, 0.3) is 0 Å². The van der Waals surface area contributed by atoms with Crippen LogP contribution in [0.1, 0.15) is 12.8 Å². The van der Waals surface area contributed by atoms with E-state index in [-0.39, 0.29) is 0 Å². The van der Waals surface area contributed by atoms with Gasteiger partial charge in [-0.1, -0.05) is 24.3 Å². The average molecular weight is 278 g/mol. The van der Waals surface area contributed by atoms with Crippen LogP contribution in [-0.2, 0) is 7.05 Å². The quantitative estimate of drug-likeness (QED) is 0.599. The second kappa shape index (κ2) is 6.31. The van der Waals surface area contributed by atoms with Crippen LogP contribution in [0.15, 0.2) is 69.7 Å². The van der Waals surface area contributed by atoms with E-state index in [1.54, 1.807) is 0 Å². The maximum atomic E-state index is 4.72. The molecule has 3 rings (SSSR count). The lowest BCUT2D eigenvalue weighted by atomic mass is 10.2. The minimum absolute atomic E-state index is 0.723. The molecule has 0 fully saturated rings. The summed E-state index contributed by atoms with van der Waals surface area (Å²) in [5, 5.41) is 0. The number of para-hydroxylation sites is 1. The normalized spacial score (nSPS) is 16.1. The molecule has 21 heavy (non-hydrogen) atoms. The Balaban J connectivity index is 2.08. The second-order valence-corrected chi connectivity index (χ2v) is 4.98. The van der Waals surface area contributed by atoms with Crippen molar-refractivity contribution in [1.82, 2.24) is 4.57 Å². The van der Waals surface area contributed by atoms with Gasteiger partial charge in [0.15, 0.2) is 5.84 Å². The van der Waals surface area contributed by atoms with Crippen LogP contribution in [0.25, 0.3) is 0 Å². The summed E-state index contributed by atoms with van der Waals surface area (Å²) in [6.07, 6.45) is 4.01. The minimum Gasteiger partial charge on any atom is -0.336 e. The fourth-order valence-corrected chi connectivity index (χ4v) is 2.24. The van der Waals surface area contributed by atoms with Crippen LogP contribution < -0.4 is 5.49 Å². The molecule has 2 heterocycles. The summed E-state index contributed by atoms with van der Waals surface area (Å²) in [5.74, 6) is 0.723. The van der Waals surface area contributed by atoms with E-state index < -0.39 is 0 Å². The monoisotopic (exact) mass is 278 g/mol. The fraction of sp³-hybridized carbons (Fsp3) is 0.235. The lowest BCUT2D eigenvalue weighted by molar-refractivity contribution is 0.839. The highest BCUT2D eigenvalue weighted by atomic mass is 15.0. The highest BCUT2D eigenvalue weighted by molar-refractivity contribution is 6.42. The highest BCUT2D eigenvalue weighted by Crippen LogP contribution is 2.14. The lowest BCUT2D eigenvalue weighted by Gasteiger charge is -2.03. The van der Waals surface area contributed by atoms with Gasteiger partial charge in [0, 0.05) is 19.8 Å². The molecule has 106 valence electrons. The Hall–Kier alpha value is -2.49. The van der Waals surface area contributed by atoms with E-state index in [1.165, 1.54) is 0 Å². The first-order chi connectivity index (χ1) is 10.3. The van der Waals surface area contributed by atoms with E-state index >= 15 is 0 Å². The molecule has 2 aromatic rings. The third kappa shape index (κ3) is 3.34. The molecular weight excluding hydrogens is 260 g/mol. The first-order valence-electron chi connectivity index (χ1n) is 7.17. The third-order valence-corrected chi connectivity index (χ3v) is 3.37. The van der Waals surface area contributed by atoms with Crippen molar-refractivity contribution >= 4 is 17.2 Å². The zero-order chi connectivity index (χ0) is 14.5. The number of aliphatic imine (C=N–C) groups is 2. The number of hydrogen-bond acceptors (Lipinski definition) is 2. The summed E-state index contributed by atoms with van der Waals surface area (Å²) in [5.41, 5.74) is 2.79. The first kappa shape index (κ1) is 13.5. The van der Waals surface area contributed by atoms with Crippen LogP contribution in [-0.4, -0.2) is 22.7 Å². The predicted octanol–water partition coefficient (Wildman–Crippen LogP) is 2.89. The van der Waals surface area contributed by atoms with Gasteiger partial charge in [0.05, 0.1) is 11.4 Å². The van der Waals surface area contributed by atoms with Gasteiger partial charge in [-0.3, -0.25) is 4.99 Å². The number of aromatic nitrogens is 1. The Labute approximate surface area is 124 Å². The van der Waals surface area contributed by atoms with Crippen molar-refractivity contribution in [2.75, 3.05) is 6.54 Å². The summed E-state index contributed by atoms with van der Waals surface area (Å²) in [6.45, 7) is 0.875. The summed E-state index contributed by atoms with van der Waals surface area (Å²) in [7, 11) is 1.98. The van der Waals surface area contributed by atoms with Crippen LogP contribution in [0, 0.1) is 0 Å². The molecule has 0 radical (unpaired) electrons. The molecule has 0 atom stereocenters. The van der Waals surface area contributed by atoms with Crippen LogP contribution >= 0.6 is 0 Å². The van der Waals surface area contributed by atoms with Gasteiger partial charge in [-0.2, -0.15) is 0 Å². The summed E-state index contributed by atoms with van der Waals surface area (Å²) < 4.78 is 1.98. The molecule has 1 aliphatic rings. The smallest absolute Gasteiger partial charge is 0.176 e. The van der Waals surface area contributed by atoms with E-state index in [2.05, 4.69) is 9.98 Å². The maximum absolute atomic E-state index is 4.72. The molecule has 1 aromatic heterocycles. The zero-order valence-corrected chi connectivity index (χ0v) is 12.1. The third-order valence-electron chi connectivity index (χ3n) is 3.37. The largest absolute Gasteiger partial charge is 0.336 e. The molecule has 1 aliphatic heterocycles. The Kier molecular flexibility index (Phi) is 4.05. The number of aryl methyl sites for hydroxylation is 1. The van der Waals surface area contributed by atoms with Crippen LogP contribution in [0.4, 0.5) is 5.69 Å². The van der Waals surface area contributed by atoms with E-state index in [1.807, 2.05) is 66.3 Å². The Bertz CT molecular complexity index is 739. The molecule has 4 nitrogen and oxygen atoms in total. The van der Waals surface area contributed by atoms with E-state index in [0.29, 0.717) is 0 Å². The molecule has 0 spiro atoms. The molecule has 0 amide bonds. The maximum Gasteiger partial charge on any atom is 0.176 e. The van der Waals surface area contributed by atoms with Gasteiger partial charge in [-0.25, -0.2) is 9.98 Å². The molecule has 1 aromatic carbocycles. The number of rotatable bonds is 2. The molecule has 0 N–H and O–H groups in total. The van der Waals surface area contributed by atoms with Crippen molar-refractivity contribution in [2.24, 2.45) is 22.0 Å². The zero-order valence-electron chi connectivity index (χ0n) is 12.1. The van der Waals surface area contributed by atoms with Gasteiger partial charge >= 0.3 is 0 Å². The van der Waals surface area contributed by atoms with E-state index in [0.717, 1.165) is 42.1 Å². The summed E-state index contributed by atoms with van der Waals surface area (Å²) in [6, 6.07) is 15.9. The number of hydrogen-bond donors (Lipinski definition) is 0. The van der Waals surface area contributed by atoms with Crippen molar-refractivity contribution in [1.29, 1.82) is 0 Å². The van der Waals surface area contributed by atoms with Crippen molar-refractivity contribution < 1.29 is 0 Å². The number of nitrogens with zero attached hydrogens (tertiary/aromatic N) is 4. The lowest BCUT2D eigenvalue weighted by Crippen LogP contribution is -2.21. The van der Waals surface area contributed by atoms with Gasteiger partial charge in [0.1, 0.15) is 5.49 Å². The first-order valence-corrected chi connectivity index (χ1v) is 7.17. The number of pyridine rings is 1. The van der Waals surface area contributed by atoms with Crippen LogP contribution in [0.2, 0.25) is 0 Å². The summed E-state index contributed by atoms with van der Waals surface area (Å²) >= 11 is 0. The van der Waals surface area contributed by atoms with Crippen molar-refractivity contribution in [3.8, 4) is 0 Å². The van der Waals surface area contributed by atoms with Gasteiger partial charge in [-0.05, 0) is 37.1 Å². The molecule has 0 unspecified atom stereocenters. The topological polar surface area (TPSA) is 42.0 Å².